The van der Waals surface area contributed by atoms with Gasteiger partial charge in [0.2, 0.25) is 0 Å². The smallest absolute Gasteiger partial charge is 0.332 e. The average molecular weight is 549 g/mol. The Kier molecular flexibility index (Phi) is 7.31. The average Bonchev–Trinajstić information content (AvgIpc) is 3.25. The van der Waals surface area contributed by atoms with Gasteiger partial charge in [-0.2, -0.15) is 0 Å². The molecule has 0 N–H and O–H groups in total. The van der Waals surface area contributed by atoms with E-state index in [1.165, 1.54) is 21.3 Å². The molecule has 1 aliphatic heterocycles. The highest BCUT2D eigenvalue weighted by molar-refractivity contribution is 6.32. The maximum atomic E-state index is 15.1. The van der Waals surface area contributed by atoms with E-state index in [2.05, 4.69) is 42.7 Å². The van der Waals surface area contributed by atoms with Crippen molar-refractivity contribution < 1.29 is 9.13 Å². The van der Waals surface area contributed by atoms with Crippen LogP contribution in [0.2, 0.25) is 5.02 Å². The zero-order chi connectivity index (χ0) is 27.9. The molecule has 0 radical (unpaired) electrons. The van der Waals surface area contributed by atoms with Gasteiger partial charge in [-0.05, 0) is 68.3 Å². The molecule has 0 unspecified atom stereocenters. The van der Waals surface area contributed by atoms with Crippen LogP contribution in [0.3, 0.4) is 0 Å². The number of nitrogens with zero attached hydrogens (tertiary/aromatic N) is 4. The van der Waals surface area contributed by atoms with E-state index in [0.717, 1.165) is 37.4 Å². The summed E-state index contributed by atoms with van der Waals surface area (Å²) in [6.45, 7) is 10.6. The van der Waals surface area contributed by atoms with Crippen LogP contribution in [0.5, 0.6) is 5.75 Å². The molecule has 204 valence electrons. The standard InChI is InChI=1S/C31H34ClFN4O2/c1-31(2,3)36-14-12-35(13-15-36)24-8-6-7-21(17-24)25-19-23(33)20-26(29(25)39-5)22-9-10-28(27(32)18-22)37-16-11-34(4)30(37)38/h6-11,16-20H,12-15H2,1-5H3. The first-order valence-corrected chi connectivity index (χ1v) is 13.5. The van der Waals surface area contributed by atoms with Gasteiger partial charge in [0, 0.05) is 68.0 Å². The van der Waals surface area contributed by atoms with Crippen molar-refractivity contribution in [2.45, 2.75) is 26.3 Å². The molecule has 1 fully saturated rings. The molecule has 0 spiro atoms. The van der Waals surface area contributed by atoms with Crippen molar-refractivity contribution in [2.24, 2.45) is 7.05 Å². The zero-order valence-electron chi connectivity index (χ0n) is 23.0. The number of aryl methyl sites for hydroxylation is 1. The molecule has 5 rings (SSSR count). The molecule has 4 aromatic rings. The summed E-state index contributed by atoms with van der Waals surface area (Å²) in [5.74, 6) is 0.191. The number of methoxy groups -OCH3 is 1. The van der Waals surface area contributed by atoms with Crippen LogP contribution in [-0.4, -0.2) is 52.9 Å². The maximum absolute atomic E-state index is 15.1. The molecule has 3 aromatic carbocycles. The van der Waals surface area contributed by atoms with Crippen molar-refractivity contribution in [3.63, 3.8) is 0 Å². The van der Waals surface area contributed by atoms with Gasteiger partial charge in [-0.15, -0.1) is 0 Å². The second kappa shape index (κ2) is 10.5. The zero-order valence-corrected chi connectivity index (χ0v) is 23.8. The number of anilines is 1. The molecular formula is C31H34ClFN4O2. The number of piperazine rings is 1. The number of halogens is 2. The third kappa shape index (κ3) is 5.34. The molecule has 2 heterocycles. The normalized spacial score (nSPS) is 14.6. The summed E-state index contributed by atoms with van der Waals surface area (Å²) in [4.78, 5) is 17.3. The van der Waals surface area contributed by atoms with Crippen LogP contribution in [0.4, 0.5) is 10.1 Å². The first-order chi connectivity index (χ1) is 18.6. The third-order valence-electron chi connectivity index (χ3n) is 7.47. The number of aromatic nitrogens is 2. The van der Waals surface area contributed by atoms with Crippen LogP contribution in [-0.2, 0) is 7.05 Å². The van der Waals surface area contributed by atoms with Crippen molar-refractivity contribution in [1.29, 1.82) is 0 Å². The van der Waals surface area contributed by atoms with Gasteiger partial charge in [0.15, 0.2) is 0 Å². The quantitative estimate of drug-likeness (QED) is 0.296. The van der Waals surface area contributed by atoms with Crippen molar-refractivity contribution in [1.82, 2.24) is 14.0 Å². The fourth-order valence-corrected chi connectivity index (χ4v) is 5.54. The second-order valence-electron chi connectivity index (χ2n) is 11.0. The number of benzene rings is 3. The molecule has 39 heavy (non-hydrogen) atoms. The molecule has 0 amide bonds. The van der Waals surface area contributed by atoms with Gasteiger partial charge in [-0.3, -0.25) is 9.47 Å². The van der Waals surface area contributed by atoms with E-state index < -0.39 is 0 Å². The Labute approximate surface area is 233 Å². The lowest BCUT2D eigenvalue weighted by Crippen LogP contribution is -2.53. The summed E-state index contributed by atoms with van der Waals surface area (Å²) in [7, 11) is 3.27. The van der Waals surface area contributed by atoms with Crippen molar-refractivity contribution in [3.8, 4) is 33.7 Å². The highest BCUT2D eigenvalue weighted by Crippen LogP contribution is 2.42. The largest absolute Gasteiger partial charge is 0.495 e. The molecule has 0 saturated carbocycles. The minimum absolute atomic E-state index is 0.150. The molecule has 6 nitrogen and oxygen atoms in total. The Morgan fingerprint density at radius 2 is 1.56 bits per heavy atom. The van der Waals surface area contributed by atoms with Gasteiger partial charge >= 0.3 is 5.69 Å². The first-order valence-electron chi connectivity index (χ1n) is 13.1. The second-order valence-corrected chi connectivity index (χ2v) is 11.4. The van der Waals surface area contributed by atoms with E-state index in [-0.39, 0.29) is 17.0 Å². The van der Waals surface area contributed by atoms with Crippen LogP contribution < -0.4 is 15.3 Å². The molecule has 1 saturated heterocycles. The summed E-state index contributed by atoms with van der Waals surface area (Å²) in [5.41, 5.74) is 4.44. The molecule has 0 bridgehead atoms. The van der Waals surface area contributed by atoms with E-state index in [4.69, 9.17) is 16.3 Å². The monoisotopic (exact) mass is 548 g/mol. The Morgan fingerprint density at radius 3 is 2.13 bits per heavy atom. The van der Waals surface area contributed by atoms with Crippen LogP contribution in [0, 0.1) is 5.82 Å². The summed E-state index contributed by atoms with van der Waals surface area (Å²) in [6.07, 6.45) is 3.34. The SMILES string of the molecule is COc1c(-c2cccc(N3CCN(C(C)(C)C)CC3)c2)cc(F)cc1-c1ccc(-n2ccn(C)c2=O)c(Cl)c1. The molecular weight excluding hydrogens is 515 g/mol. The number of imidazole rings is 1. The van der Waals surface area contributed by atoms with E-state index in [1.54, 1.807) is 38.7 Å². The lowest BCUT2D eigenvalue weighted by atomic mass is 9.96. The fraction of sp³-hybridized carbons (Fsp3) is 0.323. The summed E-state index contributed by atoms with van der Waals surface area (Å²) < 4.78 is 23.9. The number of ether oxygens (including phenoxy) is 1. The Morgan fingerprint density at radius 1 is 0.897 bits per heavy atom. The number of hydrogen-bond donors (Lipinski definition) is 0. The Balaban J connectivity index is 1.50. The van der Waals surface area contributed by atoms with E-state index >= 15 is 4.39 Å². The maximum Gasteiger partial charge on any atom is 0.332 e. The molecule has 1 aromatic heterocycles. The Bertz CT molecular complexity index is 1560. The van der Waals surface area contributed by atoms with Gasteiger partial charge in [-0.1, -0.05) is 29.8 Å². The van der Waals surface area contributed by atoms with Gasteiger partial charge < -0.3 is 14.2 Å². The topological polar surface area (TPSA) is 42.6 Å². The van der Waals surface area contributed by atoms with Crippen LogP contribution in [0.1, 0.15) is 20.8 Å². The third-order valence-corrected chi connectivity index (χ3v) is 7.78. The van der Waals surface area contributed by atoms with Crippen molar-refractivity contribution in [3.05, 3.63) is 88.3 Å². The van der Waals surface area contributed by atoms with E-state index in [9.17, 15) is 4.79 Å². The van der Waals surface area contributed by atoms with Crippen LogP contribution >= 0.6 is 11.6 Å². The minimum Gasteiger partial charge on any atom is -0.495 e. The Hall–Kier alpha value is -3.55. The van der Waals surface area contributed by atoms with Gasteiger partial charge in [0.1, 0.15) is 11.6 Å². The predicted octanol–water partition coefficient (Wildman–Crippen LogP) is 6.23. The van der Waals surface area contributed by atoms with Crippen LogP contribution in [0.25, 0.3) is 27.9 Å². The number of rotatable bonds is 5. The molecule has 8 heteroatoms. The van der Waals surface area contributed by atoms with Crippen molar-refractivity contribution >= 4 is 17.3 Å². The van der Waals surface area contributed by atoms with Crippen molar-refractivity contribution in [2.75, 3.05) is 38.2 Å². The van der Waals surface area contributed by atoms with Gasteiger partial charge in [-0.25, -0.2) is 9.18 Å². The predicted molar refractivity (Wildman–Crippen MR) is 157 cm³/mol. The van der Waals surface area contributed by atoms with Gasteiger partial charge in [0.25, 0.3) is 0 Å². The van der Waals surface area contributed by atoms with Crippen LogP contribution in [0.15, 0.2) is 71.8 Å². The van der Waals surface area contributed by atoms with E-state index in [1.807, 2.05) is 18.2 Å². The summed E-state index contributed by atoms with van der Waals surface area (Å²) >= 11 is 6.62. The highest BCUT2D eigenvalue weighted by Gasteiger charge is 2.26. The number of hydrogen-bond acceptors (Lipinski definition) is 4. The minimum atomic E-state index is -0.371. The molecule has 0 aliphatic carbocycles. The highest BCUT2D eigenvalue weighted by atomic mass is 35.5. The fourth-order valence-electron chi connectivity index (χ4n) is 5.27. The summed E-state index contributed by atoms with van der Waals surface area (Å²) in [6, 6.07) is 16.5. The van der Waals surface area contributed by atoms with Gasteiger partial charge in [0.05, 0.1) is 17.8 Å². The molecule has 1 aliphatic rings. The molecule has 0 atom stereocenters. The summed E-state index contributed by atoms with van der Waals surface area (Å²) in [5, 5.41) is 0.380. The van der Waals surface area contributed by atoms with E-state index in [0.29, 0.717) is 33.1 Å². The first kappa shape index (κ1) is 27.0. The lowest BCUT2D eigenvalue weighted by Gasteiger charge is -2.43. The lowest BCUT2D eigenvalue weighted by molar-refractivity contribution is 0.128.